The number of hydrogen-bond acceptors (Lipinski definition) is 5. The molecule has 0 aliphatic carbocycles. The molecule has 0 radical (unpaired) electrons. The summed E-state index contributed by atoms with van der Waals surface area (Å²) < 4.78 is 0. The molecule has 0 aliphatic heterocycles. The Morgan fingerprint density at radius 1 is 0.733 bits per heavy atom. The van der Waals surface area contributed by atoms with Crippen LogP contribution in [0, 0.1) is 0 Å². The van der Waals surface area contributed by atoms with Crippen molar-refractivity contribution < 1.29 is 25.5 Å². The van der Waals surface area contributed by atoms with E-state index in [4.69, 9.17) is 20.4 Å². The first-order valence-electron chi connectivity index (χ1n) is 4.48. The van der Waals surface area contributed by atoms with Crippen LogP contribution in [0.2, 0.25) is 0 Å². The van der Waals surface area contributed by atoms with Gasteiger partial charge in [-0.05, 0) is 22.8 Å². The summed E-state index contributed by atoms with van der Waals surface area (Å²) in [6.07, 6.45) is 0. The maximum absolute atomic E-state index is 9.49. The zero-order valence-electron chi connectivity index (χ0n) is 8.14. The Hall–Kier alpha value is -1.14. The number of phenols is 1. The fraction of sp³-hybridized carbons (Fsp3) is 0.400. The topological polar surface area (TPSA) is 101 Å². The van der Waals surface area contributed by atoms with E-state index in [0.29, 0.717) is 11.1 Å². The minimum absolute atomic E-state index is 0.179. The van der Waals surface area contributed by atoms with Crippen LogP contribution in [0.25, 0.3) is 0 Å². The van der Waals surface area contributed by atoms with Gasteiger partial charge < -0.3 is 25.5 Å². The Labute approximate surface area is 86.9 Å². The second-order valence-corrected chi connectivity index (χ2v) is 3.12. The van der Waals surface area contributed by atoms with E-state index in [9.17, 15) is 5.11 Å². The van der Waals surface area contributed by atoms with Gasteiger partial charge in [0.25, 0.3) is 0 Å². The molecule has 5 nitrogen and oxygen atoms in total. The Morgan fingerprint density at radius 2 is 1.27 bits per heavy atom. The van der Waals surface area contributed by atoms with Crippen LogP contribution >= 0.6 is 0 Å². The Morgan fingerprint density at radius 3 is 1.67 bits per heavy atom. The molecule has 84 valence electrons. The average molecular weight is 214 g/mol. The number of rotatable bonds is 4. The molecule has 0 spiro atoms. The molecule has 0 saturated heterocycles. The number of hydrogen-bond donors (Lipinski definition) is 5. The predicted octanol–water partition coefficient (Wildman–Crippen LogP) is -0.639. The van der Waals surface area contributed by atoms with E-state index in [0.717, 1.165) is 0 Å². The quantitative estimate of drug-likeness (QED) is 0.459. The maximum atomic E-state index is 9.49. The first kappa shape index (κ1) is 11.9. The third-order valence-electron chi connectivity index (χ3n) is 2.38. The van der Waals surface area contributed by atoms with Crippen LogP contribution in [0.4, 0.5) is 0 Å². The van der Waals surface area contributed by atoms with E-state index in [2.05, 4.69) is 0 Å². The smallest absolute Gasteiger partial charge is 0.121 e. The lowest BCUT2D eigenvalue weighted by atomic mass is 9.96. The highest BCUT2D eigenvalue weighted by Gasteiger charge is 2.15. The van der Waals surface area contributed by atoms with Gasteiger partial charge in [-0.25, -0.2) is 0 Å². The van der Waals surface area contributed by atoms with Crippen LogP contribution in [0.1, 0.15) is 22.3 Å². The highest BCUT2D eigenvalue weighted by molar-refractivity contribution is 5.48. The van der Waals surface area contributed by atoms with Gasteiger partial charge in [0, 0.05) is 5.56 Å². The van der Waals surface area contributed by atoms with Gasteiger partial charge in [0.1, 0.15) is 5.75 Å². The van der Waals surface area contributed by atoms with Gasteiger partial charge in [-0.3, -0.25) is 0 Å². The molecule has 0 unspecified atom stereocenters. The summed E-state index contributed by atoms with van der Waals surface area (Å²) in [6, 6.07) is 1.27. The fourth-order valence-corrected chi connectivity index (χ4v) is 1.58. The number of aliphatic hydroxyl groups is 4. The third kappa shape index (κ3) is 2.10. The zero-order valence-corrected chi connectivity index (χ0v) is 8.14. The van der Waals surface area contributed by atoms with E-state index in [1.165, 1.54) is 6.07 Å². The van der Waals surface area contributed by atoms with Gasteiger partial charge in [-0.2, -0.15) is 0 Å². The summed E-state index contributed by atoms with van der Waals surface area (Å²) in [5.74, 6) is -0.192. The van der Waals surface area contributed by atoms with Crippen molar-refractivity contribution in [1.29, 1.82) is 0 Å². The molecule has 1 aromatic rings. The van der Waals surface area contributed by atoms with Gasteiger partial charge in [-0.1, -0.05) is 0 Å². The van der Waals surface area contributed by atoms with E-state index in [1.54, 1.807) is 0 Å². The van der Waals surface area contributed by atoms with Crippen LogP contribution in [-0.2, 0) is 26.4 Å². The van der Waals surface area contributed by atoms with Gasteiger partial charge in [0.2, 0.25) is 0 Å². The molecular weight excluding hydrogens is 200 g/mol. The largest absolute Gasteiger partial charge is 0.508 e. The Kier molecular flexibility index (Phi) is 4.05. The van der Waals surface area contributed by atoms with E-state index in [-0.39, 0.29) is 30.1 Å². The monoisotopic (exact) mass is 214 g/mol. The van der Waals surface area contributed by atoms with Gasteiger partial charge in [-0.15, -0.1) is 0 Å². The summed E-state index contributed by atoms with van der Waals surface area (Å²) in [5, 5.41) is 45.7. The summed E-state index contributed by atoms with van der Waals surface area (Å²) >= 11 is 0. The number of aliphatic hydroxyl groups excluding tert-OH is 4. The van der Waals surface area contributed by atoms with Crippen molar-refractivity contribution in [2.24, 2.45) is 0 Å². The standard InChI is InChI=1S/C10H14O5/c11-2-6-1-10(15)9(5-14)8(4-13)7(6)3-12/h1,11-15H,2-5H2. The first-order valence-corrected chi connectivity index (χ1v) is 4.48. The molecule has 0 bridgehead atoms. The highest BCUT2D eigenvalue weighted by Crippen LogP contribution is 2.28. The van der Waals surface area contributed by atoms with Gasteiger partial charge >= 0.3 is 0 Å². The number of aromatic hydroxyl groups is 1. The lowest BCUT2D eigenvalue weighted by Gasteiger charge is -2.15. The molecule has 5 heteroatoms. The molecule has 0 amide bonds. The van der Waals surface area contributed by atoms with Crippen molar-refractivity contribution in [3.63, 3.8) is 0 Å². The van der Waals surface area contributed by atoms with Gasteiger partial charge in [0.15, 0.2) is 0 Å². The van der Waals surface area contributed by atoms with Crippen molar-refractivity contribution in [2.45, 2.75) is 26.4 Å². The van der Waals surface area contributed by atoms with Crippen LogP contribution in [-0.4, -0.2) is 25.5 Å². The summed E-state index contributed by atoms with van der Waals surface area (Å²) in [5.41, 5.74) is 1.14. The van der Waals surface area contributed by atoms with Crippen LogP contribution < -0.4 is 0 Å². The molecular formula is C10H14O5. The molecule has 1 rings (SSSR count). The second-order valence-electron chi connectivity index (χ2n) is 3.12. The predicted molar refractivity (Wildman–Crippen MR) is 51.8 cm³/mol. The summed E-state index contributed by atoms with van der Waals surface area (Å²) in [7, 11) is 0. The van der Waals surface area contributed by atoms with Crippen molar-refractivity contribution >= 4 is 0 Å². The lowest BCUT2D eigenvalue weighted by molar-refractivity contribution is 0.236. The molecule has 0 atom stereocenters. The van der Waals surface area contributed by atoms with Crippen molar-refractivity contribution in [1.82, 2.24) is 0 Å². The SMILES string of the molecule is OCc1cc(O)c(CO)c(CO)c1CO. The minimum atomic E-state index is -0.430. The van der Waals surface area contributed by atoms with E-state index < -0.39 is 13.2 Å². The molecule has 0 aliphatic rings. The highest BCUT2D eigenvalue weighted by atomic mass is 16.3. The van der Waals surface area contributed by atoms with Gasteiger partial charge in [0.05, 0.1) is 26.4 Å². The van der Waals surface area contributed by atoms with Crippen molar-refractivity contribution in [3.8, 4) is 5.75 Å². The molecule has 1 aromatic carbocycles. The van der Waals surface area contributed by atoms with Crippen LogP contribution in [0.15, 0.2) is 6.07 Å². The average Bonchev–Trinajstić information content (AvgIpc) is 2.27. The fourth-order valence-electron chi connectivity index (χ4n) is 1.58. The van der Waals surface area contributed by atoms with Crippen LogP contribution in [0.3, 0.4) is 0 Å². The molecule has 0 aromatic heterocycles. The van der Waals surface area contributed by atoms with Crippen molar-refractivity contribution in [2.75, 3.05) is 0 Å². The summed E-state index contributed by atoms with van der Waals surface area (Å²) in [6.45, 7) is -1.55. The molecule has 0 saturated carbocycles. The maximum Gasteiger partial charge on any atom is 0.121 e. The molecule has 15 heavy (non-hydrogen) atoms. The molecule has 0 heterocycles. The molecule has 0 fully saturated rings. The lowest BCUT2D eigenvalue weighted by Crippen LogP contribution is -2.05. The van der Waals surface area contributed by atoms with Crippen LogP contribution in [0.5, 0.6) is 5.75 Å². The molecule has 5 N–H and O–H groups in total. The summed E-state index contributed by atoms with van der Waals surface area (Å²) in [4.78, 5) is 0. The van der Waals surface area contributed by atoms with E-state index in [1.807, 2.05) is 0 Å². The number of benzene rings is 1. The first-order chi connectivity index (χ1) is 7.19. The normalized spacial score (nSPS) is 10.7. The second kappa shape index (κ2) is 5.09. The third-order valence-corrected chi connectivity index (χ3v) is 2.38. The Balaban J connectivity index is 3.44. The Bertz CT molecular complexity index is 348. The zero-order chi connectivity index (χ0) is 11.4. The van der Waals surface area contributed by atoms with Crippen molar-refractivity contribution in [3.05, 3.63) is 28.3 Å². The minimum Gasteiger partial charge on any atom is -0.508 e. The van der Waals surface area contributed by atoms with E-state index >= 15 is 0 Å².